The van der Waals surface area contributed by atoms with Gasteiger partial charge in [0.15, 0.2) is 12.6 Å². The average Bonchev–Trinajstić information content (AvgIpc) is 3.49. The molecule has 0 aliphatic heterocycles. The van der Waals surface area contributed by atoms with Crippen molar-refractivity contribution in [3.05, 3.63) is 29.8 Å². The largest absolute Gasteiger partial charge is 0.484 e. The van der Waals surface area contributed by atoms with Crippen LogP contribution in [0.5, 0.6) is 5.75 Å². The summed E-state index contributed by atoms with van der Waals surface area (Å²) in [6.45, 7) is 1.72. The molecule has 6 nitrogen and oxygen atoms in total. The Morgan fingerprint density at radius 2 is 2.04 bits per heavy atom. The van der Waals surface area contributed by atoms with E-state index in [1.54, 1.807) is 7.05 Å². The van der Waals surface area contributed by atoms with E-state index in [4.69, 9.17) is 4.74 Å². The molecule has 0 spiro atoms. The lowest BCUT2D eigenvalue weighted by Crippen LogP contribution is -2.37. The van der Waals surface area contributed by atoms with Crippen LogP contribution < -0.4 is 20.7 Å². The first-order valence-electron chi connectivity index (χ1n) is 8.68. The van der Waals surface area contributed by atoms with Crippen LogP contribution in [0.3, 0.4) is 0 Å². The van der Waals surface area contributed by atoms with Gasteiger partial charge in [0.25, 0.3) is 5.91 Å². The number of halogens is 1. The number of carbonyl (C=O) groups excluding carboxylic acids is 1. The summed E-state index contributed by atoms with van der Waals surface area (Å²) in [5.74, 6) is 2.28. The molecular weight excluding hydrogens is 431 g/mol. The molecule has 0 radical (unpaired) electrons. The van der Waals surface area contributed by atoms with Gasteiger partial charge in [-0.05, 0) is 49.3 Å². The van der Waals surface area contributed by atoms with Gasteiger partial charge in [0, 0.05) is 26.2 Å². The highest BCUT2D eigenvalue weighted by atomic mass is 127. The van der Waals surface area contributed by atoms with E-state index in [2.05, 4.69) is 20.9 Å². The van der Waals surface area contributed by atoms with Crippen molar-refractivity contribution in [1.29, 1.82) is 0 Å². The van der Waals surface area contributed by atoms with Crippen LogP contribution in [0.25, 0.3) is 0 Å². The molecular formula is C18H27IN4O2. The Balaban J connectivity index is 0.00000225. The van der Waals surface area contributed by atoms with Crippen LogP contribution >= 0.6 is 24.0 Å². The number of benzene rings is 1. The van der Waals surface area contributed by atoms with E-state index in [1.807, 2.05) is 24.3 Å². The standard InChI is InChI=1S/C18H26N4O2.HI/c1-19-18(20-10-13-5-6-13)21-11-14-3-2-4-16(9-14)24-12-17(23)22-15-7-8-15;/h2-4,9,13,15H,5-8,10-12H2,1H3,(H,22,23)(H2,19,20,21);1H. The number of carbonyl (C=O) groups is 1. The normalized spacial score (nSPS) is 16.6. The zero-order valence-corrected chi connectivity index (χ0v) is 16.9. The molecule has 7 heteroatoms. The molecule has 1 aromatic carbocycles. The number of amides is 1. The van der Waals surface area contributed by atoms with E-state index >= 15 is 0 Å². The van der Waals surface area contributed by atoms with Crippen LogP contribution in [0.2, 0.25) is 0 Å². The van der Waals surface area contributed by atoms with Crippen molar-refractivity contribution in [3.63, 3.8) is 0 Å². The van der Waals surface area contributed by atoms with E-state index in [1.165, 1.54) is 12.8 Å². The third-order valence-electron chi connectivity index (χ3n) is 4.15. The Bertz CT molecular complexity index is 600. The van der Waals surface area contributed by atoms with Gasteiger partial charge in [-0.1, -0.05) is 12.1 Å². The molecule has 2 aliphatic rings. The van der Waals surface area contributed by atoms with Crippen molar-refractivity contribution in [2.75, 3.05) is 20.2 Å². The van der Waals surface area contributed by atoms with Crippen molar-refractivity contribution in [2.24, 2.45) is 10.9 Å². The van der Waals surface area contributed by atoms with Crippen molar-refractivity contribution >= 4 is 35.8 Å². The predicted molar refractivity (Wildman–Crippen MR) is 109 cm³/mol. The lowest BCUT2D eigenvalue weighted by Gasteiger charge is -2.12. The molecule has 2 aliphatic carbocycles. The molecule has 0 unspecified atom stereocenters. The third-order valence-corrected chi connectivity index (χ3v) is 4.15. The summed E-state index contributed by atoms with van der Waals surface area (Å²) in [6, 6.07) is 8.15. The second-order valence-electron chi connectivity index (χ2n) is 6.53. The van der Waals surface area contributed by atoms with Crippen molar-refractivity contribution in [3.8, 4) is 5.75 Å². The van der Waals surface area contributed by atoms with E-state index in [9.17, 15) is 4.79 Å². The quantitative estimate of drug-likeness (QED) is 0.317. The highest BCUT2D eigenvalue weighted by Gasteiger charge is 2.23. The minimum Gasteiger partial charge on any atom is -0.484 e. The molecule has 2 saturated carbocycles. The number of aliphatic imine (C=N–C) groups is 1. The highest BCUT2D eigenvalue weighted by Crippen LogP contribution is 2.27. The second kappa shape index (κ2) is 9.84. The molecule has 2 fully saturated rings. The first-order valence-corrected chi connectivity index (χ1v) is 8.68. The second-order valence-corrected chi connectivity index (χ2v) is 6.53. The molecule has 25 heavy (non-hydrogen) atoms. The Hall–Kier alpha value is -1.51. The summed E-state index contributed by atoms with van der Waals surface area (Å²) < 4.78 is 5.57. The van der Waals surface area contributed by atoms with Crippen LogP contribution in [0.15, 0.2) is 29.3 Å². The lowest BCUT2D eigenvalue weighted by atomic mass is 10.2. The maximum atomic E-state index is 11.7. The highest BCUT2D eigenvalue weighted by molar-refractivity contribution is 14.0. The molecule has 3 N–H and O–H groups in total. The van der Waals surface area contributed by atoms with Gasteiger partial charge in [0.05, 0.1) is 0 Å². The van der Waals surface area contributed by atoms with Gasteiger partial charge in [-0.2, -0.15) is 0 Å². The zero-order chi connectivity index (χ0) is 16.8. The predicted octanol–water partition coefficient (Wildman–Crippen LogP) is 2.04. The van der Waals surface area contributed by atoms with Crippen molar-refractivity contribution in [2.45, 2.75) is 38.3 Å². The Morgan fingerprint density at radius 3 is 2.72 bits per heavy atom. The maximum absolute atomic E-state index is 11.7. The van der Waals surface area contributed by atoms with Gasteiger partial charge in [0.2, 0.25) is 0 Å². The minimum absolute atomic E-state index is 0. The molecule has 0 atom stereocenters. The summed E-state index contributed by atoms with van der Waals surface area (Å²) in [4.78, 5) is 15.9. The number of nitrogens with one attached hydrogen (secondary N) is 3. The molecule has 1 amide bonds. The van der Waals surface area contributed by atoms with Crippen molar-refractivity contribution in [1.82, 2.24) is 16.0 Å². The van der Waals surface area contributed by atoms with Gasteiger partial charge in [0.1, 0.15) is 5.75 Å². The summed E-state index contributed by atoms with van der Waals surface area (Å²) >= 11 is 0. The number of nitrogens with zero attached hydrogens (tertiary/aromatic N) is 1. The minimum atomic E-state index is -0.0503. The van der Waals surface area contributed by atoms with Crippen LogP contribution in [-0.2, 0) is 11.3 Å². The average molecular weight is 458 g/mol. The third kappa shape index (κ3) is 7.50. The first kappa shape index (κ1) is 19.8. The molecule has 0 heterocycles. The van der Waals surface area contributed by atoms with Gasteiger partial charge in [-0.25, -0.2) is 0 Å². The van der Waals surface area contributed by atoms with Crippen LogP contribution in [-0.4, -0.2) is 38.1 Å². The molecule has 0 saturated heterocycles. The van der Waals surface area contributed by atoms with Gasteiger partial charge in [-0.15, -0.1) is 24.0 Å². The number of rotatable bonds is 8. The van der Waals surface area contributed by atoms with E-state index in [0.29, 0.717) is 18.3 Å². The molecule has 138 valence electrons. The molecule has 1 aromatic rings. The summed E-state index contributed by atoms with van der Waals surface area (Å²) in [5, 5.41) is 9.55. The van der Waals surface area contributed by atoms with Crippen LogP contribution in [0.1, 0.15) is 31.2 Å². The topological polar surface area (TPSA) is 74.8 Å². The Morgan fingerprint density at radius 1 is 1.24 bits per heavy atom. The number of ether oxygens (including phenoxy) is 1. The monoisotopic (exact) mass is 458 g/mol. The molecule has 0 bridgehead atoms. The number of guanidine groups is 1. The molecule has 0 aromatic heterocycles. The van der Waals surface area contributed by atoms with Crippen LogP contribution in [0, 0.1) is 5.92 Å². The van der Waals surface area contributed by atoms with Gasteiger partial charge in [-0.3, -0.25) is 9.79 Å². The van der Waals surface area contributed by atoms with Crippen molar-refractivity contribution < 1.29 is 9.53 Å². The maximum Gasteiger partial charge on any atom is 0.258 e. The zero-order valence-electron chi connectivity index (χ0n) is 14.6. The van der Waals surface area contributed by atoms with Gasteiger partial charge < -0.3 is 20.7 Å². The first-order chi connectivity index (χ1) is 11.7. The smallest absolute Gasteiger partial charge is 0.258 e. The number of hydrogen-bond acceptors (Lipinski definition) is 3. The number of hydrogen-bond donors (Lipinski definition) is 3. The Labute approximate surface area is 166 Å². The van der Waals surface area contributed by atoms with E-state index < -0.39 is 0 Å². The van der Waals surface area contributed by atoms with Crippen LogP contribution in [0.4, 0.5) is 0 Å². The SMILES string of the molecule is CN=C(NCc1cccc(OCC(=O)NC2CC2)c1)NCC1CC1.I. The fourth-order valence-corrected chi connectivity index (χ4v) is 2.36. The summed E-state index contributed by atoms with van der Waals surface area (Å²) in [7, 11) is 1.78. The summed E-state index contributed by atoms with van der Waals surface area (Å²) in [5.41, 5.74) is 1.09. The fraction of sp³-hybridized carbons (Fsp3) is 0.556. The fourth-order valence-electron chi connectivity index (χ4n) is 2.36. The lowest BCUT2D eigenvalue weighted by molar-refractivity contribution is -0.123. The Kier molecular flexibility index (Phi) is 7.80. The summed E-state index contributed by atoms with van der Waals surface area (Å²) in [6.07, 6.45) is 4.81. The van der Waals surface area contributed by atoms with E-state index in [-0.39, 0.29) is 36.5 Å². The molecule has 3 rings (SSSR count). The van der Waals surface area contributed by atoms with Gasteiger partial charge >= 0.3 is 0 Å². The van der Waals surface area contributed by atoms with E-state index in [0.717, 1.165) is 36.8 Å².